The van der Waals surface area contributed by atoms with Crippen LogP contribution < -0.4 is 0 Å². The number of nitrogens with zero attached hydrogens (tertiary/aromatic N) is 2. The zero-order chi connectivity index (χ0) is 48.2. The highest BCUT2D eigenvalue weighted by Gasteiger charge is 2.58. The van der Waals surface area contributed by atoms with Crippen LogP contribution in [0.2, 0.25) is 0 Å². The van der Waals surface area contributed by atoms with Crippen molar-refractivity contribution in [1.82, 2.24) is 4.48 Å². The molecule has 2 aliphatic rings. The highest BCUT2D eigenvalue weighted by molar-refractivity contribution is 6.51. The Hall–Kier alpha value is -9.00. The number of benzene rings is 9. The molecule has 5 heterocycles. The van der Waals surface area contributed by atoms with E-state index in [1.807, 2.05) is 69.6 Å². The molecule has 4 nitrogen and oxygen atoms in total. The van der Waals surface area contributed by atoms with Crippen molar-refractivity contribution >= 4 is 73.6 Å². The minimum Gasteiger partial charge on any atom is -0.455 e. The fraction of sp³-hybridized carbons (Fsp3) is 0.0455. The van der Waals surface area contributed by atoms with Crippen LogP contribution in [0.3, 0.4) is 0 Å². The van der Waals surface area contributed by atoms with Gasteiger partial charge in [-0.2, -0.15) is 0 Å². The van der Waals surface area contributed by atoms with Gasteiger partial charge in [0.25, 0.3) is 0 Å². The number of aromatic nitrogens is 1. The molecular weight excluding hydrogens is 883 g/mol. The van der Waals surface area contributed by atoms with Gasteiger partial charge in [0.1, 0.15) is 22.3 Å². The predicted molar refractivity (Wildman–Crippen MR) is 295 cm³/mol. The van der Waals surface area contributed by atoms with Gasteiger partial charge in [-0.05, 0) is 78.4 Å². The van der Waals surface area contributed by atoms with Crippen LogP contribution in [0.1, 0.15) is 44.6 Å². The largest absolute Gasteiger partial charge is 0.847 e. The number of allylic oxidation sites excluding steroid dienone is 2. The third kappa shape index (κ3) is 6.15. The van der Waals surface area contributed by atoms with Gasteiger partial charge in [0.15, 0.2) is 0 Å². The highest BCUT2D eigenvalue weighted by Crippen LogP contribution is 2.57. The van der Waals surface area contributed by atoms with E-state index >= 15 is 4.32 Å². The summed E-state index contributed by atoms with van der Waals surface area (Å²) in [6, 6.07) is 75.6. The molecule has 0 unspecified atom stereocenters. The molecule has 6 heteroatoms. The zero-order valence-corrected chi connectivity index (χ0v) is 40.0. The van der Waals surface area contributed by atoms with Gasteiger partial charge in [0, 0.05) is 49.4 Å². The van der Waals surface area contributed by atoms with Crippen LogP contribution in [0.15, 0.2) is 233 Å². The molecule has 0 amide bonds. The summed E-state index contributed by atoms with van der Waals surface area (Å²) in [4.78, 5) is 0. The topological polar surface area (TPSA) is 34.2 Å². The van der Waals surface area contributed by atoms with Crippen LogP contribution >= 0.6 is 0 Å². The van der Waals surface area contributed by atoms with E-state index in [-0.39, 0.29) is 0 Å². The van der Waals surface area contributed by atoms with Gasteiger partial charge in [-0.1, -0.05) is 200 Å². The molecule has 0 bridgehead atoms. The van der Waals surface area contributed by atoms with Crippen molar-refractivity contribution in [2.24, 2.45) is 0 Å². The van der Waals surface area contributed by atoms with Gasteiger partial charge >= 0.3 is 7.26 Å². The molecule has 72 heavy (non-hydrogen) atoms. The average Bonchev–Trinajstić information content (AvgIpc) is 4.20. The monoisotopic (exact) mass is 927 g/mol. The van der Waals surface area contributed by atoms with E-state index < -0.39 is 7.26 Å². The maximum Gasteiger partial charge on any atom is 0.847 e. The van der Waals surface area contributed by atoms with Crippen LogP contribution in [0.4, 0.5) is 4.32 Å². The van der Waals surface area contributed by atoms with Crippen LogP contribution in [0.5, 0.6) is 0 Å². The maximum absolute atomic E-state index is 20.3. The summed E-state index contributed by atoms with van der Waals surface area (Å²) in [6.07, 6.45) is 0. The lowest BCUT2D eigenvalue weighted by atomic mass is 9.80. The summed E-state index contributed by atoms with van der Waals surface area (Å²) in [5.41, 5.74) is 20.7. The van der Waals surface area contributed by atoms with Crippen molar-refractivity contribution < 1.29 is 17.6 Å². The van der Waals surface area contributed by atoms with Crippen LogP contribution in [0, 0.1) is 20.8 Å². The van der Waals surface area contributed by atoms with E-state index in [0.29, 0.717) is 0 Å². The molecule has 0 saturated carbocycles. The number of halogens is 1. The van der Waals surface area contributed by atoms with Gasteiger partial charge < -0.3 is 8.83 Å². The standard InChI is InChI=1S/C66H45BFN2O2/c1-40-38-41(2)55(42(3)39-40)60-63-56(43-22-8-4-9-23-43)58(51-34-20-32-49-47-30-16-18-36-53(47)71-65(49)51)61(45-26-12-6-13-27-45)69(63)67(68)70-62(46-28-14-7-15-29-46)59(57(64(60)70)44-24-10-5-11-25-44)52-35-21-33-50-48-31-17-19-37-54(48)72-66(50)52/h4-39H,1-3H3/q+1. The van der Waals surface area contributed by atoms with E-state index in [9.17, 15) is 0 Å². The minimum absolute atomic E-state index is 0.755. The Morgan fingerprint density at radius 2 is 0.875 bits per heavy atom. The summed E-state index contributed by atoms with van der Waals surface area (Å²) in [6.45, 7) is 6.57. The van der Waals surface area contributed by atoms with Crippen molar-refractivity contribution in [2.45, 2.75) is 20.8 Å². The fourth-order valence-corrected chi connectivity index (χ4v) is 12.1. The fourth-order valence-electron chi connectivity index (χ4n) is 12.1. The molecule has 12 aromatic rings. The molecule has 0 atom stereocenters. The highest BCUT2D eigenvalue weighted by atomic mass is 19.1. The Balaban J connectivity index is 1.25. The van der Waals surface area contributed by atoms with Gasteiger partial charge in [0.2, 0.25) is 11.4 Å². The number of rotatable bonds is 7. The zero-order valence-electron chi connectivity index (χ0n) is 40.0. The molecule has 340 valence electrons. The lowest BCUT2D eigenvalue weighted by Crippen LogP contribution is -2.41. The first-order valence-electron chi connectivity index (χ1n) is 24.6. The lowest BCUT2D eigenvalue weighted by Gasteiger charge is -2.26. The molecular formula is C66H45BFN2O2+. The summed E-state index contributed by atoms with van der Waals surface area (Å²) in [5.74, 6) is 0. The first kappa shape index (κ1) is 41.9. The lowest BCUT2D eigenvalue weighted by molar-refractivity contribution is -0.331. The minimum atomic E-state index is -1.76. The number of fused-ring (bicyclic) bond motifs is 8. The molecule has 0 fully saturated rings. The second-order valence-corrected chi connectivity index (χ2v) is 19.1. The van der Waals surface area contributed by atoms with Crippen LogP contribution in [0.25, 0.3) is 94.1 Å². The molecule has 0 spiro atoms. The van der Waals surface area contributed by atoms with Crippen molar-refractivity contribution in [3.63, 3.8) is 0 Å². The third-order valence-corrected chi connectivity index (χ3v) is 14.8. The van der Waals surface area contributed by atoms with Gasteiger partial charge in [0.05, 0.1) is 28.1 Å². The summed E-state index contributed by atoms with van der Waals surface area (Å²) in [5, 5.41) is 4.07. The normalized spacial score (nSPS) is 13.6. The van der Waals surface area contributed by atoms with Gasteiger partial charge in [-0.3, -0.25) is 4.48 Å². The van der Waals surface area contributed by atoms with E-state index in [2.05, 4.69) is 178 Å². The van der Waals surface area contributed by atoms with Crippen LogP contribution in [-0.2, 0) is 0 Å². The summed E-state index contributed by atoms with van der Waals surface area (Å²) < 4.78 is 38.2. The Labute approximate surface area is 416 Å². The third-order valence-electron chi connectivity index (χ3n) is 14.8. The smallest absolute Gasteiger partial charge is 0.455 e. The van der Waals surface area contributed by atoms with Gasteiger partial charge in [-0.25, -0.2) is 8.80 Å². The molecule has 0 N–H and O–H groups in total. The predicted octanol–water partition coefficient (Wildman–Crippen LogP) is 16.9. The summed E-state index contributed by atoms with van der Waals surface area (Å²) >= 11 is 0. The van der Waals surface area contributed by atoms with E-state index in [4.69, 9.17) is 8.83 Å². The molecule has 14 rings (SSSR count). The Kier molecular flexibility index (Phi) is 9.49. The number of aryl methyl sites for hydroxylation is 3. The van der Waals surface area contributed by atoms with E-state index in [1.54, 1.807) is 0 Å². The van der Waals surface area contributed by atoms with Crippen LogP contribution in [-0.4, -0.2) is 21.9 Å². The van der Waals surface area contributed by atoms with Crippen molar-refractivity contribution in [2.75, 3.05) is 0 Å². The number of hydrogen-bond donors (Lipinski definition) is 0. The quantitative estimate of drug-likeness (QED) is 0.149. The number of furan rings is 2. The Bertz CT molecular complexity index is 4270. The average molecular weight is 928 g/mol. The number of para-hydroxylation sites is 4. The number of hydrogen-bond acceptors (Lipinski definition) is 2. The van der Waals surface area contributed by atoms with Crippen molar-refractivity contribution in [3.05, 3.63) is 269 Å². The second-order valence-electron chi connectivity index (χ2n) is 19.1. The Morgan fingerprint density at radius 3 is 1.46 bits per heavy atom. The first-order valence-corrected chi connectivity index (χ1v) is 24.6. The first-order chi connectivity index (χ1) is 35.4. The molecule has 2 aliphatic heterocycles. The van der Waals surface area contributed by atoms with Gasteiger partial charge in [-0.15, -0.1) is 0 Å². The van der Waals surface area contributed by atoms with Crippen molar-refractivity contribution in [1.29, 1.82) is 0 Å². The second kappa shape index (κ2) is 16.3. The van der Waals surface area contributed by atoms with Crippen molar-refractivity contribution in [3.8, 4) is 33.5 Å². The van der Waals surface area contributed by atoms with E-state index in [1.165, 1.54) is 0 Å². The molecule has 0 radical (unpaired) electrons. The molecule has 3 aromatic heterocycles. The maximum atomic E-state index is 20.3. The Morgan fingerprint density at radius 1 is 0.403 bits per heavy atom. The summed E-state index contributed by atoms with van der Waals surface area (Å²) in [7, 11) is -1.76. The SMILES string of the molecule is Cc1cc(C)c(C2=C3C(c4ccccc4)=C(c4cccc5c4oc4ccccc45)C(c4ccccc4)=[N+]3B(F)n3c2c(-c2ccccc2)c(-c2cccc4c2oc2ccccc24)c3-c2ccccc2)c(C)c1. The molecule has 0 aliphatic carbocycles. The van der Waals surface area contributed by atoms with E-state index in [0.717, 1.165) is 150 Å². The molecule has 9 aromatic carbocycles. The molecule has 0 saturated heterocycles.